The minimum Gasteiger partial charge on any atom is -0.484 e. The van der Waals surface area contributed by atoms with Gasteiger partial charge in [0.25, 0.3) is 5.91 Å². The molecule has 2 aromatic carbocycles. The topological polar surface area (TPSA) is 86.0 Å². The summed E-state index contributed by atoms with van der Waals surface area (Å²) in [7, 11) is 0. The summed E-state index contributed by atoms with van der Waals surface area (Å²) in [6.45, 7) is 2.92. The maximum absolute atomic E-state index is 13.2. The van der Waals surface area contributed by atoms with Crippen LogP contribution in [0.15, 0.2) is 57.9 Å². The van der Waals surface area contributed by atoms with Crippen LogP contribution >= 0.6 is 0 Å². The van der Waals surface area contributed by atoms with Gasteiger partial charge in [-0.05, 0) is 49.6 Å². The van der Waals surface area contributed by atoms with E-state index >= 15 is 0 Å². The van der Waals surface area contributed by atoms with E-state index in [9.17, 15) is 18.8 Å². The van der Waals surface area contributed by atoms with Crippen molar-refractivity contribution >= 4 is 22.8 Å². The average molecular weight is 453 g/mol. The highest BCUT2D eigenvalue weighted by Gasteiger charge is 2.28. The highest BCUT2D eigenvalue weighted by molar-refractivity contribution is 5.83. The van der Waals surface area contributed by atoms with Crippen molar-refractivity contribution in [2.45, 2.75) is 19.8 Å². The molecule has 8 heteroatoms. The maximum atomic E-state index is 13.2. The predicted molar refractivity (Wildman–Crippen MR) is 119 cm³/mol. The number of nitrogens with zero attached hydrogens (tertiary/aromatic N) is 1. The first-order valence-electron chi connectivity index (χ1n) is 10.8. The predicted octanol–water partition coefficient (Wildman–Crippen LogP) is 3.78. The van der Waals surface area contributed by atoms with Crippen LogP contribution in [0.4, 0.5) is 4.39 Å². The average Bonchev–Trinajstić information content (AvgIpc) is 2.83. The molecule has 33 heavy (non-hydrogen) atoms. The van der Waals surface area contributed by atoms with Gasteiger partial charge in [0, 0.05) is 19.2 Å². The van der Waals surface area contributed by atoms with Crippen LogP contribution in [0, 0.1) is 11.7 Å². The summed E-state index contributed by atoms with van der Waals surface area (Å²) >= 11 is 0. The maximum Gasteiger partial charge on any atom is 0.309 e. The highest BCUT2D eigenvalue weighted by Crippen LogP contribution is 2.24. The highest BCUT2D eigenvalue weighted by atomic mass is 19.1. The van der Waals surface area contributed by atoms with Crippen molar-refractivity contribution in [2.75, 3.05) is 26.3 Å². The van der Waals surface area contributed by atoms with Gasteiger partial charge in [-0.15, -0.1) is 0 Å². The quantitative estimate of drug-likeness (QED) is 0.528. The van der Waals surface area contributed by atoms with Gasteiger partial charge < -0.3 is 18.8 Å². The molecular formula is C25H24FNO6. The number of halogens is 1. The van der Waals surface area contributed by atoms with E-state index in [-0.39, 0.29) is 35.6 Å². The first-order chi connectivity index (χ1) is 16.0. The number of likely N-dealkylation sites (tertiary alicyclic amines) is 1. The van der Waals surface area contributed by atoms with Crippen molar-refractivity contribution in [1.82, 2.24) is 4.90 Å². The van der Waals surface area contributed by atoms with Crippen molar-refractivity contribution in [3.63, 3.8) is 0 Å². The molecule has 1 amide bonds. The van der Waals surface area contributed by atoms with E-state index in [2.05, 4.69) is 0 Å². The minimum absolute atomic E-state index is 0.159. The standard InChI is InChI=1S/C25H24FNO6/c1-2-31-25(30)17-9-11-27(12-10-17)23(28)15-32-19-7-8-20-22(13-19)33-14-21(24(20)29)16-3-5-18(26)6-4-16/h3-8,13-14,17H,2,9-12,15H2,1H3. The van der Waals surface area contributed by atoms with Gasteiger partial charge in [0.2, 0.25) is 0 Å². The lowest BCUT2D eigenvalue weighted by Gasteiger charge is -2.30. The lowest BCUT2D eigenvalue weighted by Crippen LogP contribution is -2.42. The number of amides is 1. The molecule has 0 atom stereocenters. The Labute approximate surface area is 189 Å². The Morgan fingerprint density at radius 3 is 2.55 bits per heavy atom. The Balaban J connectivity index is 1.39. The zero-order valence-electron chi connectivity index (χ0n) is 18.2. The number of esters is 1. The van der Waals surface area contributed by atoms with Crippen molar-refractivity contribution in [3.05, 3.63) is 64.8 Å². The summed E-state index contributed by atoms with van der Waals surface area (Å²) < 4.78 is 29.5. The van der Waals surface area contributed by atoms with Crippen LogP contribution in [0.2, 0.25) is 0 Å². The van der Waals surface area contributed by atoms with Crippen LogP contribution in [0.1, 0.15) is 19.8 Å². The van der Waals surface area contributed by atoms with Crippen LogP contribution in [-0.2, 0) is 14.3 Å². The Bertz CT molecular complexity index is 1210. The molecular weight excluding hydrogens is 429 g/mol. The third-order valence-corrected chi connectivity index (χ3v) is 5.73. The molecule has 1 aliphatic heterocycles. The Hall–Kier alpha value is -3.68. The molecule has 0 aliphatic carbocycles. The molecule has 1 fully saturated rings. The summed E-state index contributed by atoms with van der Waals surface area (Å²) in [5.41, 5.74) is 0.975. The van der Waals surface area contributed by atoms with Crippen LogP contribution < -0.4 is 10.2 Å². The molecule has 7 nitrogen and oxygen atoms in total. The first-order valence-corrected chi connectivity index (χ1v) is 10.8. The lowest BCUT2D eigenvalue weighted by molar-refractivity contribution is -0.151. The molecule has 1 aromatic heterocycles. The molecule has 2 heterocycles. The summed E-state index contributed by atoms with van der Waals surface area (Å²) in [6.07, 6.45) is 2.48. The molecule has 0 bridgehead atoms. The number of carbonyl (C=O) groups excluding carboxylic acids is 2. The number of ether oxygens (including phenoxy) is 2. The largest absolute Gasteiger partial charge is 0.484 e. The van der Waals surface area contributed by atoms with E-state index in [4.69, 9.17) is 13.9 Å². The molecule has 1 aliphatic rings. The lowest BCUT2D eigenvalue weighted by atomic mass is 9.97. The number of rotatable bonds is 6. The third-order valence-electron chi connectivity index (χ3n) is 5.73. The fraction of sp³-hybridized carbons (Fsp3) is 0.320. The molecule has 3 aromatic rings. The molecule has 0 unspecified atom stereocenters. The van der Waals surface area contributed by atoms with Crippen molar-refractivity contribution < 1.29 is 27.9 Å². The summed E-state index contributed by atoms with van der Waals surface area (Å²) in [5.74, 6) is -0.539. The third kappa shape index (κ3) is 5.05. The van der Waals surface area contributed by atoms with Crippen molar-refractivity contribution in [2.24, 2.45) is 5.92 Å². The van der Waals surface area contributed by atoms with Gasteiger partial charge in [-0.25, -0.2) is 4.39 Å². The van der Waals surface area contributed by atoms with E-state index in [1.807, 2.05) is 0 Å². The van der Waals surface area contributed by atoms with Crippen LogP contribution in [0.25, 0.3) is 22.1 Å². The molecule has 0 N–H and O–H groups in total. The second kappa shape index (κ2) is 9.85. The van der Waals surface area contributed by atoms with Gasteiger partial charge >= 0.3 is 5.97 Å². The molecule has 4 rings (SSSR count). The molecule has 1 saturated heterocycles. The second-order valence-electron chi connectivity index (χ2n) is 7.84. The fourth-order valence-corrected chi connectivity index (χ4v) is 3.89. The van der Waals surface area contributed by atoms with E-state index in [0.717, 1.165) is 0 Å². The molecule has 0 radical (unpaired) electrons. The van der Waals surface area contributed by atoms with E-state index in [1.54, 1.807) is 30.0 Å². The van der Waals surface area contributed by atoms with Crippen LogP contribution in [0.3, 0.4) is 0 Å². The van der Waals surface area contributed by atoms with Crippen LogP contribution in [-0.4, -0.2) is 43.1 Å². The van der Waals surface area contributed by atoms with E-state index in [0.29, 0.717) is 60.4 Å². The zero-order valence-corrected chi connectivity index (χ0v) is 18.2. The van der Waals surface area contributed by atoms with Gasteiger partial charge in [-0.1, -0.05) is 12.1 Å². The summed E-state index contributed by atoms with van der Waals surface area (Å²) in [5, 5.41) is 0.358. The van der Waals surface area contributed by atoms with Crippen molar-refractivity contribution in [3.8, 4) is 16.9 Å². The van der Waals surface area contributed by atoms with Crippen molar-refractivity contribution in [1.29, 1.82) is 0 Å². The number of hydrogen-bond acceptors (Lipinski definition) is 6. The number of benzene rings is 2. The minimum atomic E-state index is -0.386. The van der Waals surface area contributed by atoms with Gasteiger partial charge in [-0.3, -0.25) is 14.4 Å². The SMILES string of the molecule is CCOC(=O)C1CCN(C(=O)COc2ccc3c(=O)c(-c4ccc(F)cc4)coc3c2)CC1. The van der Waals surface area contributed by atoms with E-state index < -0.39 is 0 Å². The number of piperidine rings is 1. The summed E-state index contributed by atoms with van der Waals surface area (Å²) in [4.78, 5) is 38.8. The number of carbonyl (C=O) groups is 2. The smallest absolute Gasteiger partial charge is 0.309 e. The normalized spacial score (nSPS) is 14.3. The van der Waals surface area contributed by atoms with Gasteiger partial charge in [0.05, 0.1) is 23.5 Å². The second-order valence-corrected chi connectivity index (χ2v) is 7.84. The first kappa shape index (κ1) is 22.5. The number of hydrogen-bond donors (Lipinski definition) is 0. The van der Waals surface area contributed by atoms with Gasteiger partial charge in [0.15, 0.2) is 12.0 Å². The monoisotopic (exact) mass is 453 g/mol. The summed E-state index contributed by atoms with van der Waals surface area (Å²) in [6, 6.07) is 10.4. The van der Waals surface area contributed by atoms with Gasteiger partial charge in [-0.2, -0.15) is 0 Å². The van der Waals surface area contributed by atoms with E-state index in [1.165, 1.54) is 30.5 Å². The molecule has 172 valence electrons. The molecule has 0 spiro atoms. The Morgan fingerprint density at radius 2 is 1.85 bits per heavy atom. The molecule has 0 saturated carbocycles. The fourth-order valence-electron chi connectivity index (χ4n) is 3.89. The van der Waals surface area contributed by atoms with Crippen LogP contribution in [0.5, 0.6) is 5.75 Å². The Morgan fingerprint density at radius 1 is 1.12 bits per heavy atom. The Kier molecular flexibility index (Phi) is 6.72. The zero-order chi connectivity index (χ0) is 23.4. The number of fused-ring (bicyclic) bond motifs is 1. The van der Waals surface area contributed by atoms with Gasteiger partial charge in [0.1, 0.15) is 23.4 Å².